The number of carbonyl (C=O) groups excluding carboxylic acids is 2. The van der Waals surface area contributed by atoms with Crippen LogP contribution in [0.2, 0.25) is 0 Å². The summed E-state index contributed by atoms with van der Waals surface area (Å²) in [5.74, 6) is -0.324. The molecule has 1 aromatic rings. The number of benzene rings is 1. The molecule has 1 aliphatic heterocycles. The number of anilines is 1. The first kappa shape index (κ1) is 17.4. The SMILES string of the molecule is Cc1cc(NC(=O)C2(N)CCOCC2)ccc1C(=O)NC(C)C. The van der Waals surface area contributed by atoms with E-state index in [1.165, 1.54) is 0 Å². The van der Waals surface area contributed by atoms with Crippen LogP contribution in [0, 0.1) is 6.92 Å². The summed E-state index contributed by atoms with van der Waals surface area (Å²) in [6.45, 7) is 6.67. The molecule has 0 saturated carbocycles. The number of rotatable bonds is 4. The van der Waals surface area contributed by atoms with Crippen molar-refractivity contribution in [2.75, 3.05) is 18.5 Å². The average Bonchev–Trinajstić information content (AvgIpc) is 2.47. The Morgan fingerprint density at radius 2 is 1.91 bits per heavy atom. The van der Waals surface area contributed by atoms with E-state index in [0.717, 1.165) is 5.56 Å². The maximum absolute atomic E-state index is 12.4. The van der Waals surface area contributed by atoms with Gasteiger partial charge >= 0.3 is 0 Å². The Bertz CT molecular complexity index is 593. The zero-order chi connectivity index (χ0) is 17.0. The van der Waals surface area contributed by atoms with E-state index in [9.17, 15) is 9.59 Å². The van der Waals surface area contributed by atoms with Crippen LogP contribution in [0.25, 0.3) is 0 Å². The normalized spacial score (nSPS) is 16.9. The molecule has 0 unspecified atom stereocenters. The molecule has 2 amide bonds. The van der Waals surface area contributed by atoms with Gasteiger partial charge in [0.05, 0.1) is 0 Å². The molecule has 1 aromatic carbocycles. The fraction of sp³-hybridized carbons (Fsp3) is 0.529. The molecule has 0 spiro atoms. The molecule has 0 bridgehead atoms. The Balaban J connectivity index is 2.08. The van der Waals surface area contributed by atoms with Gasteiger partial charge < -0.3 is 21.1 Å². The molecule has 0 atom stereocenters. The number of ether oxygens (including phenoxy) is 1. The summed E-state index contributed by atoms with van der Waals surface area (Å²) in [5, 5.41) is 5.71. The summed E-state index contributed by atoms with van der Waals surface area (Å²) in [5.41, 5.74) is 7.33. The van der Waals surface area contributed by atoms with Crippen molar-refractivity contribution in [1.29, 1.82) is 0 Å². The van der Waals surface area contributed by atoms with Gasteiger partial charge in [-0.25, -0.2) is 0 Å². The Labute approximate surface area is 136 Å². The van der Waals surface area contributed by atoms with Crippen LogP contribution in [0.1, 0.15) is 42.6 Å². The molecule has 23 heavy (non-hydrogen) atoms. The summed E-state index contributed by atoms with van der Waals surface area (Å²) in [7, 11) is 0. The molecule has 0 aromatic heterocycles. The highest BCUT2D eigenvalue weighted by Gasteiger charge is 2.35. The van der Waals surface area contributed by atoms with Crippen molar-refractivity contribution >= 4 is 17.5 Å². The minimum atomic E-state index is -0.889. The minimum absolute atomic E-state index is 0.0758. The highest BCUT2D eigenvalue weighted by Crippen LogP contribution is 2.21. The van der Waals surface area contributed by atoms with Crippen LogP contribution in [0.15, 0.2) is 18.2 Å². The van der Waals surface area contributed by atoms with Gasteiger partial charge in [0.1, 0.15) is 5.54 Å². The molecule has 0 aliphatic carbocycles. The van der Waals surface area contributed by atoms with Gasteiger partial charge in [0.2, 0.25) is 5.91 Å². The molecule has 126 valence electrons. The van der Waals surface area contributed by atoms with E-state index >= 15 is 0 Å². The predicted octanol–water partition coefficient (Wildman–Crippen LogP) is 1.58. The first-order chi connectivity index (χ1) is 10.8. The van der Waals surface area contributed by atoms with E-state index in [1.54, 1.807) is 18.2 Å². The Kier molecular flexibility index (Phi) is 5.38. The van der Waals surface area contributed by atoms with Crippen molar-refractivity contribution in [2.45, 2.75) is 45.2 Å². The van der Waals surface area contributed by atoms with E-state index < -0.39 is 5.54 Å². The van der Waals surface area contributed by atoms with Gasteiger partial charge in [0.15, 0.2) is 0 Å². The van der Waals surface area contributed by atoms with Gasteiger partial charge in [-0.3, -0.25) is 9.59 Å². The Morgan fingerprint density at radius 1 is 1.26 bits per heavy atom. The lowest BCUT2D eigenvalue weighted by atomic mass is 9.90. The summed E-state index contributed by atoms with van der Waals surface area (Å²) in [4.78, 5) is 24.5. The summed E-state index contributed by atoms with van der Waals surface area (Å²) < 4.78 is 5.25. The highest BCUT2D eigenvalue weighted by molar-refractivity contribution is 6.00. The topological polar surface area (TPSA) is 93.5 Å². The second-order valence-corrected chi connectivity index (χ2v) is 6.38. The molecule has 2 rings (SSSR count). The third-order valence-electron chi connectivity index (χ3n) is 3.99. The van der Waals surface area contributed by atoms with Crippen molar-refractivity contribution in [3.63, 3.8) is 0 Å². The minimum Gasteiger partial charge on any atom is -0.381 e. The number of nitrogens with one attached hydrogen (secondary N) is 2. The zero-order valence-electron chi connectivity index (χ0n) is 13.9. The van der Waals surface area contributed by atoms with Crippen molar-refractivity contribution in [1.82, 2.24) is 5.32 Å². The van der Waals surface area contributed by atoms with Crippen molar-refractivity contribution < 1.29 is 14.3 Å². The van der Waals surface area contributed by atoms with Crippen molar-refractivity contribution in [3.8, 4) is 0 Å². The Morgan fingerprint density at radius 3 is 2.48 bits per heavy atom. The van der Waals surface area contributed by atoms with Gasteiger partial charge in [-0.15, -0.1) is 0 Å². The number of nitrogens with two attached hydrogens (primary N) is 1. The second-order valence-electron chi connectivity index (χ2n) is 6.38. The second kappa shape index (κ2) is 7.10. The number of hydrogen-bond acceptors (Lipinski definition) is 4. The maximum Gasteiger partial charge on any atom is 0.251 e. The molecular formula is C17H25N3O3. The molecule has 6 heteroatoms. The van der Waals surface area contributed by atoms with E-state index in [4.69, 9.17) is 10.5 Å². The third-order valence-corrected chi connectivity index (χ3v) is 3.99. The van der Waals surface area contributed by atoms with E-state index in [0.29, 0.717) is 37.3 Å². The first-order valence-corrected chi connectivity index (χ1v) is 7.91. The van der Waals surface area contributed by atoms with Gasteiger partial charge in [-0.2, -0.15) is 0 Å². The molecule has 1 aliphatic rings. The lowest BCUT2D eigenvalue weighted by Gasteiger charge is -2.31. The standard InChI is InChI=1S/C17H25N3O3/c1-11(2)19-15(21)14-5-4-13(10-12(14)3)20-16(22)17(18)6-8-23-9-7-17/h4-5,10-11H,6-9,18H2,1-3H3,(H,19,21)(H,20,22). The van der Waals surface area contributed by atoms with Crippen LogP contribution in [-0.4, -0.2) is 36.6 Å². The van der Waals surface area contributed by atoms with Crippen LogP contribution >= 0.6 is 0 Å². The van der Waals surface area contributed by atoms with Gasteiger partial charge in [-0.05, 0) is 57.4 Å². The van der Waals surface area contributed by atoms with Gasteiger partial charge in [-0.1, -0.05) is 0 Å². The summed E-state index contributed by atoms with van der Waals surface area (Å²) >= 11 is 0. The zero-order valence-corrected chi connectivity index (χ0v) is 13.9. The molecule has 1 heterocycles. The lowest BCUT2D eigenvalue weighted by Crippen LogP contribution is -2.54. The quantitative estimate of drug-likeness (QED) is 0.785. The molecular weight excluding hydrogens is 294 g/mol. The fourth-order valence-electron chi connectivity index (χ4n) is 2.55. The van der Waals surface area contributed by atoms with Crippen LogP contribution in [-0.2, 0) is 9.53 Å². The number of aryl methyl sites for hydroxylation is 1. The lowest BCUT2D eigenvalue weighted by molar-refractivity contribution is -0.124. The molecule has 1 saturated heterocycles. The van der Waals surface area contributed by atoms with E-state index in [2.05, 4.69) is 10.6 Å². The average molecular weight is 319 g/mol. The molecule has 0 radical (unpaired) electrons. The van der Waals surface area contributed by atoms with E-state index in [-0.39, 0.29) is 17.9 Å². The van der Waals surface area contributed by atoms with Gasteiger partial charge in [0.25, 0.3) is 5.91 Å². The fourth-order valence-corrected chi connectivity index (χ4v) is 2.55. The predicted molar refractivity (Wildman–Crippen MR) is 89.4 cm³/mol. The van der Waals surface area contributed by atoms with Crippen molar-refractivity contribution in [2.24, 2.45) is 5.73 Å². The number of amides is 2. The molecule has 6 nitrogen and oxygen atoms in total. The highest BCUT2D eigenvalue weighted by atomic mass is 16.5. The smallest absolute Gasteiger partial charge is 0.251 e. The first-order valence-electron chi connectivity index (χ1n) is 7.91. The van der Waals surface area contributed by atoms with Crippen LogP contribution < -0.4 is 16.4 Å². The van der Waals surface area contributed by atoms with E-state index in [1.807, 2.05) is 20.8 Å². The largest absolute Gasteiger partial charge is 0.381 e. The third kappa shape index (κ3) is 4.30. The van der Waals surface area contributed by atoms with Crippen LogP contribution in [0.4, 0.5) is 5.69 Å². The maximum atomic E-state index is 12.4. The summed E-state index contributed by atoms with van der Waals surface area (Å²) in [6, 6.07) is 5.31. The Hall–Kier alpha value is -1.92. The number of hydrogen-bond donors (Lipinski definition) is 3. The monoisotopic (exact) mass is 319 g/mol. The number of carbonyl (C=O) groups is 2. The van der Waals surface area contributed by atoms with Crippen LogP contribution in [0.5, 0.6) is 0 Å². The van der Waals surface area contributed by atoms with Crippen LogP contribution in [0.3, 0.4) is 0 Å². The van der Waals surface area contributed by atoms with Gasteiger partial charge in [0, 0.05) is 30.5 Å². The van der Waals surface area contributed by atoms with Crippen molar-refractivity contribution in [3.05, 3.63) is 29.3 Å². The summed E-state index contributed by atoms with van der Waals surface area (Å²) in [6.07, 6.45) is 1.01. The molecule has 1 fully saturated rings. The molecule has 4 N–H and O–H groups in total.